The summed E-state index contributed by atoms with van der Waals surface area (Å²) in [7, 11) is 1.72. The van der Waals surface area contributed by atoms with E-state index in [1.807, 2.05) is 0 Å². The summed E-state index contributed by atoms with van der Waals surface area (Å²) in [5.41, 5.74) is 0.900. The molecule has 10 nitrogen and oxygen atoms in total. The fourth-order valence-electron chi connectivity index (χ4n) is 5.37. The molecule has 0 unspecified atom stereocenters. The molecule has 1 N–H and O–H groups in total. The average Bonchev–Trinajstić information content (AvgIpc) is 3.33. The number of fused-ring (bicyclic) bond motifs is 2. The number of anilines is 1. The highest BCUT2D eigenvalue weighted by molar-refractivity contribution is 6.32. The molecule has 0 aliphatic carbocycles. The molecule has 1 saturated heterocycles. The van der Waals surface area contributed by atoms with Crippen LogP contribution < -0.4 is 10.1 Å². The number of halogens is 1. The van der Waals surface area contributed by atoms with Crippen molar-refractivity contribution in [3.05, 3.63) is 109 Å². The van der Waals surface area contributed by atoms with E-state index in [1.165, 1.54) is 12.1 Å². The zero-order valence-corrected chi connectivity index (χ0v) is 19.8. The lowest BCUT2D eigenvalue weighted by molar-refractivity contribution is -0.534. The lowest BCUT2D eigenvalue weighted by Gasteiger charge is -2.30. The molecule has 0 saturated carbocycles. The predicted molar refractivity (Wildman–Crippen MR) is 132 cm³/mol. The van der Waals surface area contributed by atoms with E-state index in [4.69, 9.17) is 16.3 Å². The lowest BCUT2D eigenvalue weighted by atomic mass is 9.79. The number of likely N-dealkylation sites (tertiary alicyclic amines) is 1. The summed E-state index contributed by atoms with van der Waals surface area (Å²) >= 11 is 6.48. The number of amides is 1. The molecule has 1 fully saturated rings. The van der Waals surface area contributed by atoms with Gasteiger partial charge in [-0.05, 0) is 36.4 Å². The summed E-state index contributed by atoms with van der Waals surface area (Å²) in [4.78, 5) is 37.5. The first-order valence-electron chi connectivity index (χ1n) is 11.1. The first kappa shape index (κ1) is 23.7. The Labute approximate surface area is 210 Å². The molecular weight excluding hydrogens is 488 g/mol. The monoisotopic (exact) mass is 508 g/mol. The van der Waals surface area contributed by atoms with Gasteiger partial charge >= 0.3 is 0 Å². The minimum Gasteiger partial charge on any atom is -0.487 e. The molecule has 0 aromatic heterocycles. The highest BCUT2D eigenvalue weighted by Crippen LogP contribution is 2.52. The summed E-state index contributed by atoms with van der Waals surface area (Å²) in [5.74, 6) is -0.682. The van der Waals surface area contributed by atoms with Crippen molar-refractivity contribution in [2.24, 2.45) is 0 Å². The maximum absolute atomic E-state index is 13.2. The van der Waals surface area contributed by atoms with Gasteiger partial charge in [0, 0.05) is 34.9 Å². The summed E-state index contributed by atoms with van der Waals surface area (Å²) in [6.07, 6.45) is 0. The number of nitrogens with zero attached hydrogens (tertiary/aromatic N) is 3. The molecule has 184 valence electrons. The summed E-state index contributed by atoms with van der Waals surface area (Å²) in [6.45, 7) is 0.335. The van der Waals surface area contributed by atoms with Gasteiger partial charge in [0.15, 0.2) is 5.54 Å². The van der Waals surface area contributed by atoms with Crippen molar-refractivity contribution < 1.29 is 19.4 Å². The van der Waals surface area contributed by atoms with E-state index in [-0.39, 0.29) is 28.8 Å². The summed E-state index contributed by atoms with van der Waals surface area (Å²) in [5, 5.41) is 26.5. The number of benzene rings is 3. The maximum Gasteiger partial charge on any atom is 0.269 e. The van der Waals surface area contributed by atoms with Gasteiger partial charge in [-0.2, -0.15) is 0 Å². The zero-order chi connectivity index (χ0) is 25.6. The molecule has 1 spiro atoms. The van der Waals surface area contributed by atoms with Gasteiger partial charge in [-0.25, -0.2) is 0 Å². The van der Waals surface area contributed by atoms with Gasteiger partial charge in [-0.15, -0.1) is 0 Å². The third kappa shape index (κ3) is 3.66. The number of nitrogens with one attached hydrogen (secondary N) is 1. The number of nitro benzene ring substituents is 1. The fourth-order valence-corrected chi connectivity index (χ4v) is 5.61. The van der Waals surface area contributed by atoms with Crippen LogP contribution in [0.15, 0.2) is 66.7 Å². The van der Waals surface area contributed by atoms with Crippen molar-refractivity contribution in [1.29, 1.82) is 0 Å². The Bertz CT molecular complexity index is 1400. The molecule has 3 aromatic carbocycles. The van der Waals surface area contributed by atoms with Crippen molar-refractivity contribution in [1.82, 2.24) is 4.90 Å². The minimum absolute atomic E-state index is 0.0415. The van der Waals surface area contributed by atoms with E-state index < -0.39 is 28.3 Å². The maximum atomic E-state index is 13.2. The molecule has 2 heterocycles. The standard InChI is InChI=1S/C25H21ClN4O6/c1-28-13-18(23(30(34)35)25(28)19-7-2-3-8-21(19)27-24(25)31)16-9-10-22(20(26)12-16)36-14-15-5-4-6-17(11-15)29(32)33/h2-12,18,23H,13-14H2,1H3,(H,27,31)/t18-,23+,25+/m1/s1. The molecule has 11 heteroatoms. The van der Waals surface area contributed by atoms with Gasteiger partial charge in [0.1, 0.15) is 12.4 Å². The second-order valence-electron chi connectivity index (χ2n) is 8.89. The van der Waals surface area contributed by atoms with Crippen LogP contribution in [0.4, 0.5) is 11.4 Å². The van der Waals surface area contributed by atoms with E-state index in [2.05, 4.69) is 5.32 Å². The van der Waals surface area contributed by atoms with Crippen LogP contribution in [0.5, 0.6) is 5.75 Å². The summed E-state index contributed by atoms with van der Waals surface area (Å²) in [6, 6.07) is 16.8. The first-order chi connectivity index (χ1) is 17.2. The smallest absolute Gasteiger partial charge is 0.269 e. The normalized spacial score (nSPS) is 22.9. The number of carbonyl (C=O) groups is 1. The number of carbonyl (C=O) groups excluding carboxylic acids is 1. The van der Waals surface area contributed by atoms with Crippen molar-refractivity contribution in [2.75, 3.05) is 18.9 Å². The van der Waals surface area contributed by atoms with Crippen LogP contribution >= 0.6 is 11.6 Å². The van der Waals surface area contributed by atoms with Crippen LogP contribution in [0.25, 0.3) is 0 Å². The Morgan fingerprint density at radius 1 is 1.11 bits per heavy atom. The molecular formula is C25H21ClN4O6. The second kappa shape index (κ2) is 8.89. The lowest BCUT2D eigenvalue weighted by Crippen LogP contribution is -2.54. The Morgan fingerprint density at radius 3 is 2.61 bits per heavy atom. The fraction of sp³-hybridized carbons (Fsp3) is 0.240. The van der Waals surface area contributed by atoms with Crippen molar-refractivity contribution >= 4 is 28.9 Å². The summed E-state index contributed by atoms with van der Waals surface area (Å²) < 4.78 is 5.76. The van der Waals surface area contributed by atoms with Crippen molar-refractivity contribution in [3.63, 3.8) is 0 Å². The van der Waals surface area contributed by atoms with Gasteiger partial charge in [-0.3, -0.25) is 29.9 Å². The molecule has 3 atom stereocenters. The van der Waals surface area contributed by atoms with E-state index in [0.29, 0.717) is 28.1 Å². The average molecular weight is 509 g/mol. The van der Waals surface area contributed by atoms with Crippen molar-refractivity contribution in [2.45, 2.75) is 24.1 Å². The van der Waals surface area contributed by atoms with Crippen LogP contribution in [0.1, 0.15) is 22.6 Å². The molecule has 36 heavy (non-hydrogen) atoms. The number of para-hydroxylation sites is 1. The van der Waals surface area contributed by atoms with Crippen LogP contribution in [0.3, 0.4) is 0 Å². The highest BCUT2D eigenvalue weighted by atomic mass is 35.5. The number of hydrogen-bond donors (Lipinski definition) is 1. The molecule has 5 rings (SSSR count). The van der Waals surface area contributed by atoms with Crippen LogP contribution in [-0.4, -0.2) is 40.3 Å². The Morgan fingerprint density at radius 2 is 1.89 bits per heavy atom. The minimum atomic E-state index is -1.44. The molecule has 3 aromatic rings. The third-order valence-electron chi connectivity index (χ3n) is 6.94. The number of non-ortho nitro benzene ring substituents is 1. The van der Waals surface area contributed by atoms with Crippen molar-refractivity contribution in [3.8, 4) is 5.75 Å². The number of hydrogen-bond acceptors (Lipinski definition) is 7. The number of rotatable bonds is 6. The zero-order valence-electron chi connectivity index (χ0n) is 19.1. The van der Waals surface area contributed by atoms with Gasteiger partial charge in [0.25, 0.3) is 17.6 Å². The largest absolute Gasteiger partial charge is 0.487 e. The number of ether oxygens (including phenoxy) is 1. The number of nitro groups is 2. The van der Waals surface area contributed by atoms with Gasteiger partial charge in [-0.1, -0.05) is 48.0 Å². The van der Waals surface area contributed by atoms with Gasteiger partial charge in [0.2, 0.25) is 0 Å². The van der Waals surface area contributed by atoms with Crippen LogP contribution in [-0.2, 0) is 16.9 Å². The molecule has 2 aliphatic heterocycles. The topological polar surface area (TPSA) is 128 Å². The highest BCUT2D eigenvalue weighted by Gasteiger charge is 2.68. The van der Waals surface area contributed by atoms with Crippen LogP contribution in [0.2, 0.25) is 5.02 Å². The third-order valence-corrected chi connectivity index (χ3v) is 7.24. The van der Waals surface area contributed by atoms with E-state index in [1.54, 1.807) is 66.5 Å². The van der Waals surface area contributed by atoms with E-state index in [9.17, 15) is 25.0 Å². The van der Waals surface area contributed by atoms with Gasteiger partial charge in [0.05, 0.1) is 15.9 Å². The molecule has 1 amide bonds. The SMILES string of the molecule is CN1C[C@H](c2ccc(OCc3cccc([N+](=O)[O-])c3)c(Cl)c2)[C@H]([N+](=O)[O-])[C@@]12C(=O)Nc1ccccc12. The molecule has 0 radical (unpaired) electrons. The Balaban J connectivity index is 1.44. The first-order valence-corrected chi connectivity index (χ1v) is 11.5. The van der Waals surface area contributed by atoms with Crippen LogP contribution in [0, 0.1) is 20.2 Å². The quantitative estimate of drug-likeness (QED) is 0.387. The number of likely N-dealkylation sites (N-methyl/N-ethyl adjacent to an activating group) is 1. The van der Waals surface area contributed by atoms with Gasteiger partial charge < -0.3 is 10.1 Å². The second-order valence-corrected chi connectivity index (χ2v) is 9.30. The predicted octanol–water partition coefficient (Wildman–Crippen LogP) is 4.35. The Kier molecular flexibility index (Phi) is 5.85. The van der Waals surface area contributed by atoms with E-state index >= 15 is 0 Å². The Hall–Kier alpha value is -4.02. The molecule has 2 aliphatic rings. The molecule has 0 bridgehead atoms. The van der Waals surface area contributed by atoms with E-state index in [0.717, 1.165) is 0 Å².